The quantitative estimate of drug-likeness (QED) is 0.461. The number of primary amides is 1. The summed E-state index contributed by atoms with van der Waals surface area (Å²) < 4.78 is 30.3. The predicted molar refractivity (Wildman–Crippen MR) is 76.8 cm³/mol. The molecule has 1 rings (SSSR count). The van der Waals surface area contributed by atoms with E-state index in [0.29, 0.717) is 0 Å². The van der Waals surface area contributed by atoms with E-state index in [1.165, 1.54) is 0 Å². The van der Waals surface area contributed by atoms with Gasteiger partial charge in [0.05, 0.1) is 6.54 Å². The summed E-state index contributed by atoms with van der Waals surface area (Å²) in [4.78, 5) is 33.5. The molecule has 0 aliphatic rings. The lowest BCUT2D eigenvalue weighted by Gasteiger charge is -2.16. The molecule has 1 atom stereocenters. The molecule has 1 heterocycles. The number of carbonyl (C=O) groups excluding carboxylic acids is 2. The van der Waals surface area contributed by atoms with Gasteiger partial charge in [-0.05, 0) is 18.1 Å². The van der Waals surface area contributed by atoms with Gasteiger partial charge in [0.25, 0.3) is 15.9 Å². The first-order valence-electron chi connectivity index (χ1n) is 6.46. The Kier molecular flexibility index (Phi) is 5.87. The fourth-order valence-electron chi connectivity index (χ4n) is 1.55. The first-order chi connectivity index (χ1) is 10.5. The number of aliphatic carboxylic acids is 1. The number of furan rings is 1. The minimum Gasteiger partial charge on any atom is -0.480 e. The zero-order valence-electron chi connectivity index (χ0n) is 12.4. The summed E-state index contributed by atoms with van der Waals surface area (Å²) in [5.74, 6) is -3.75. The fourth-order valence-corrected chi connectivity index (χ4v) is 2.47. The molecule has 0 radical (unpaired) electrons. The van der Waals surface area contributed by atoms with Crippen LogP contribution in [0.3, 0.4) is 0 Å². The van der Waals surface area contributed by atoms with E-state index >= 15 is 0 Å². The Morgan fingerprint density at radius 3 is 2.39 bits per heavy atom. The maximum absolute atomic E-state index is 11.9. The molecule has 0 fully saturated rings. The summed E-state index contributed by atoms with van der Waals surface area (Å²) in [5.41, 5.74) is 4.83. The largest absolute Gasteiger partial charge is 0.480 e. The zero-order valence-corrected chi connectivity index (χ0v) is 13.2. The molecule has 0 saturated heterocycles. The minimum absolute atomic E-state index is 0.378. The second-order valence-corrected chi connectivity index (χ2v) is 6.64. The molecule has 0 aliphatic carbocycles. The Balaban J connectivity index is 2.89. The number of rotatable bonds is 8. The van der Waals surface area contributed by atoms with Crippen LogP contribution in [0.25, 0.3) is 0 Å². The highest BCUT2D eigenvalue weighted by molar-refractivity contribution is 7.89. The molecule has 2 amide bonds. The molecule has 1 aromatic heterocycles. The topological polar surface area (TPSA) is 169 Å². The van der Waals surface area contributed by atoms with Gasteiger partial charge in [-0.2, -0.15) is 4.72 Å². The standard InChI is InChI=1S/C12H17N3O7S/c1-6(2)10(12(18)19)15-11(17)7-3-4-9(22-7)23(20,21)14-5-8(13)16/h3-4,6,10,14H,5H2,1-2H3,(H2,13,16)(H,15,17)(H,18,19)/t10-/m0/s1. The number of nitrogens with one attached hydrogen (secondary N) is 2. The second-order valence-electron chi connectivity index (χ2n) is 4.94. The molecular formula is C12H17N3O7S. The van der Waals surface area contributed by atoms with E-state index < -0.39 is 45.5 Å². The van der Waals surface area contributed by atoms with Crippen molar-refractivity contribution >= 4 is 27.8 Å². The number of carbonyl (C=O) groups is 3. The van der Waals surface area contributed by atoms with Crippen molar-refractivity contribution in [2.24, 2.45) is 11.7 Å². The smallest absolute Gasteiger partial charge is 0.326 e. The molecule has 128 valence electrons. The van der Waals surface area contributed by atoms with Crippen LogP contribution in [0.4, 0.5) is 0 Å². The number of hydrogen-bond acceptors (Lipinski definition) is 6. The minimum atomic E-state index is -4.14. The monoisotopic (exact) mass is 347 g/mol. The van der Waals surface area contributed by atoms with Gasteiger partial charge in [0.1, 0.15) is 6.04 Å². The molecule has 0 spiro atoms. The molecule has 0 unspecified atom stereocenters. The van der Waals surface area contributed by atoms with Gasteiger partial charge in [-0.3, -0.25) is 9.59 Å². The maximum Gasteiger partial charge on any atom is 0.326 e. The Bertz CT molecular complexity index is 708. The van der Waals surface area contributed by atoms with Crippen molar-refractivity contribution in [3.63, 3.8) is 0 Å². The average Bonchev–Trinajstić information content (AvgIpc) is 2.92. The molecule has 0 bridgehead atoms. The molecule has 0 aliphatic heterocycles. The third kappa shape index (κ3) is 5.07. The molecule has 0 saturated carbocycles. The summed E-state index contributed by atoms with van der Waals surface area (Å²) in [7, 11) is -4.14. The number of nitrogens with two attached hydrogens (primary N) is 1. The van der Waals surface area contributed by atoms with Crippen LogP contribution >= 0.6 is 0 Å². The van der Waals surface area contributed by atoms with Gasteiger partial charge in [0.15, 0.2) is 5.76 Å². The van der Waals surface area contributed by atoms with Crippen LogP contribution in [-0.2, 0) is 19.6 Å². The lowest BCUT2D eigenvalue weighted by atomic mass is 10.0. The first kappa shape index (κ1) is 18.6. The summed E-state index contributed by atoms with van der Waals surface area (Å²) in [5, 5.41) is 10.6. The van der Waals surface area contributed by atoms with Gasteiger partial charge >= 0.3 is 5.97 Å². The van der Waals surface area contributed by atoms with E-state index in [1.807, 2.05) is 4.72 Å². The molecule has 23 heavy (non-hydrogen) atoms. The van der Waals surface area contributed by atoms with Crippen LogP contribution in [0.2, 0.25) is 0 Å². The Morgan fingerprint density at radius 1 is 1.30 bits per heavy atom. The van der Waals surface area contributed by atoms with Crippen molar-refractivity contribution in [1.82, 2.24) is 10.0 Å². The van der Waals surface area contributed by atoms with Crippen molar-refractivity contribution in [2.45, 2.75) is 25.0 Å². The highest BCUT2D eigenvalue weighted by Crippen LogP contribution is 2.14. The van der Waals surface area contributed by atoms with Crippen LogP contribution in [-0.4, -0.2) is 43.9 Å². The highest BCUT2D eigenvalue weighted by Gasteiger charge is 2.27. The van der Waals surface area contributed by atoms with Crippen molar-refractivity contribution in [1.29, 1.82) is 0 Å². The Hall–Kier alpha value is -2.40. The van der Waals surface area contributed by atoms with Crippen molar-refractivity contribution in [3.05, 3.63) is 17.9 Å². The highest BCUT2D eigenvalue weighted by atomic mass is 32.2. The number of hydrogen-bond donors (Lipinski definition) is 4. The SMILES string of the molecule is CC(C)[C@H](NC(=O)c1ccc(S(=O)(=O)NCC(N)=O)o1)C(=O)O. The molecule has 10 nitrogen and oxygen atoms in total. The number of amides is 2. The maximum atomic E-state index is 11.9. The Labute approximate surface area is 132 Å². The van der Waals surface area contributed by atoms with Gasteiger partial charge in [-0.15, -0.1) is 0 Å². The summed E-state index contributed by atoms with van der Waals surface area (Å²) >= 11 is 0. The van der Waals surface area contributed by atoms with Crippen LogP contribution < -0.4 is 15.8 Å². The van der Waals surface area contributed by atoms with Gasteiger partial charge in [-0.1, -0.05) is 13.8 Å². The zero-order chi connectivity index (χ0) is 17.8. The molecule has 5 N–H and O–H groups in total. The first-order valence-corrected chi connectivity index (χ1v) is 7.94. The van der Waals surface area contributed by atoms with E-state index in [1.54, 1.807) is 13.8 Å². The van der Waals surface area contributed by atoms with Gasteiger partial charge in [0, 0.05) is 0 Å². The number of carboxylic acid groups (broad SMARTS) is 1. The lowest BCUT2D eigenvalue weighted by molar-refractivity contribution is -0.140. The van der Waals surface area contributed by atoms with Crippen LogP contribution in [0, 0.1) is 5.92 Å². The van der Waals surface area contributed by atoms with E-state index in [2.05, 4.69) is 5.32 Å². The van der Waals surface area contributed by atoms with E-state index in [-0.39, 0.29) is 11.7 Å². The Morgan fingerprint density at radius 2 is 1.91 bits per heavy atom. The number of sulfonamides is 1. The average molecular weight is 347 g/mol. The van der Waals surface area contributed by atoms with Crippen molar-refractivity contribution in [3.8, 4) is 0 Å². The van der Waals surface area contributed by atoms with Gasteiger partial charge in [0.2, 0.25) is 11.0 Å². The molecule has 0 aromatic carbocycles. The third-order valence-corrected chi connectivity index (χ3v) is 4.00. The second kappa shape index (κ2) is 7.24. The van der Waals surface area contributed by atoms with Crippen molar-refractivity contribution in [2.75, 3.05) is 6.54 Å². The van der Waals surface area contributed by atoms with E-state index in [0.717, 1.165) is 12.1 Å². The van der Waals surface area contributed by atoms with Crippen LogP contribution in [0.5, 0.6) is 0 Å². The summed E-state index contributed by atoms with van der Waals surface area (Å²) in [6, 6.07) is 0.928. The van der Waals surface area contributed by atoms with Crippen LogP contribution in [0.1, 0.15) is 24.4 Å². The molecule has 1 aromatic rings. The van der Waals surface area contributed by atoms with E-state index in [4.69, 9.17) is 15.3 Å². The lowest BCUT2D eigenvalue weighted by Crippen LogP contribution is -2.44. The van der Waals surface area contributed by atoms with Crippen LogP contribution in [0.15, 0.2) is 21.6 Å². The van der Waals surface area contributed by atoms with E-state index in [9.17, 15) is 22.8 Å². The number of carboxylic acids is 1. The van der Waals surface area contributed by atoms with Crippen molar-refractivity contribution < 1.29 is 32.3 Å². The summed E-state index contributed by atoms with van der Waals surface area (Å²) in [6.45, 7) is 2.58. The normalized spacial score (nSPS) is 12.8. The van der Waals surface area contributed by atoms with Gasteiger partial charge < -0.3 is 20.6 Å². The third-order valence-electron chi connectivity index (χ3n) is 2.73. The predicted octanol–water partition coefficient (Wildman–Crippen LogP) is -1.12. The fraction of sp³-hybridized carbons (Fsp3) is 0.417. The molecular weight excluding hydrogens is 330 g/mol. The molecule has 11 heteroatoms. The summed E-state index contributed by atoms with van der Waals surface area (Å²) in [6.07, 6.45) is 0. The van der Waals surface area contributed by atoms with Gasteiger partial charge in [-0.25, -0.2) is 13.2 Å².